The van der Waals surface area contributed by atoms with E-state index < -0.39 is 6.09 Å². The number of amides is 5. The predicted octanol–water partition coefficient (Wildman–Crippen LogP) is 0.531. The molecule has 0 rings (SSSR count). The van der Waals surface area contributed by atoms with E-state index in [4.69, 9.17) is 0 Å². The zero-order valence-electron chi connectivity index (χ0n) is 25.7. The number of alkyl carbamates (subject to hydrolysis) is 1. The molecule has 5 amide bonds. The third-order valence-corrected chi connectivity index (χ3v) is 1.84. The van der Waals surface area contributed by atoms with Gasteiger partial charge in [-0.2, -0.15) is 0 Å². The summed E-state index contributed by atoms with van der Waals surface area (Å²) in [5.74, 6) is -0.0694. The summed E-state index contributed by atoms with van der Waals surface area (Å²) < 4.78 is 12.5. The van der Waals surface area contributed by atoms with Gasteiger partial charge in [-0.1, -0.05) is 7.43 Å². The van der Waals surface area contributed by atoms with Gasteiger partial charge in [0.05, 0.1) is 14.2 Å². The second-order valence-corrected chi connectivity index (χ2v) is 5.70. The Morgan fingerprint density at radius 2 is 0.684 bits per heavy atom. The molecule has 234 valence electrons. The molecule has 0 fully saturated rings. The van der Waals surface area contributed by atoms with E-state index in [0.717, 1.165) is 0 Å². The van der Waals surface area contributed by atoms with Gasteiger partial charge < -0.3 is 50.9 Å². The summed E-state index contributed by atoms with van der Waals surface area (Å²) in [5, 5.41) is 14.5. The standard InChI is InChI=1S/C3H8N2O.C3H7NO2.2C3H7NO.C3H6O2.C3H6O.C2H7N.C2H6O.CH4/c1-4-3(6)5-2;1-4-3(5)6-2;2*1-3(5)4-2;1-3(4)5-2;1-3(2)4;2*1-3-2;/h1-2H3,(H2,4,5,6);1-2H3,(H,4,5);2*1-2H3,(H,4,5);1-2H3;1-2H3;3H,1-2H3;1-2H3;1H4. The van der Waals surface area contributed by atoms with Gasteiger partial charge in [-0.15, -0.1) is 0 Å². The first-order chi connectivity index (χ1) is 17.0. The van der Waals surface area contributed by atoms with Gasteiger partial charge in [0.2, 0.25) is 11.8 Å². The molecule has 6 N–H and O–H groups in total. The quantitative estimate of drug-likeness (QED) is 0.226. The Bertz CT molecular complexity index is 454. The van der Waals surface area contributed by atoms with Gasteiger partial charge in [-0.25, -0.2) is 9.59 Å². The lowest BCUT2D eigenvalue weighted by molar-refractivity contribution is -0.138. The van der Waals surface area contributed by atoms with E-state index in [1.807, 2.05) is 14.1 Å². The van der Waals surface area contributed by atoms with Crippen molar-refractivity contribution in [2.24, 2.45) is 0 Å². The number of nitrogens with one attached hydrogen (secondary N) is 6. The fourth-order valence-corrected chi connectivity index (χ4v) is 0.227. The third kappa shape index (κ3) is 291. The number of urea groups is 1. The molecule has 0 radical (unpaired) electrons. The van der Waals surface area contributed by atoms with Crippen LogP contribution in [0.3, 0.4) is 0 Å². The van der Waals surface area contributed by atoms with Gasteiger partial charge in [-0.05, 0) is 27.9 Å². The van der Waals surface area contributed by atoms with E-state index in [1.54, 1.807) is 42.4 Å². The first-order valence-corrected chi connectivity index (χ1v) is 10.5. The fourth-order valence-electron chi connectivity index (χ4n) is 0.227. The van der Waals surface area contributed by atoms with Crippen LogP contribution in [0.25, 0.3) is 0 Å². The topological polar surface area (TPSA) is 202 Å². The van der Waals surface area contributed by atoms with Crippen molar-refractivity contribution in [3.63, 3.8) is 0 Å². The Labute approximate surface area is 230 Å². The number of Topliss-reactive ketones (excluding diaryl/α,β-unsaturated/α-hetero) is 1. The molecule has 0 heterocycles. The lowest BCUT2D eigenvalue weighted by Gasteiger charge is -1.91. The molecule has 15 heteroatoms. The minimum atomic E-state index is -0.407. The monoisotopic (exact) mass is 562 g/mol. The number of methoxy groups -OCH3 is 3. The third-order valence-electron chi connectivity index (χ3n) is 1.84. The van der Waals surface area contributed by atoms with E-state index in [1.165, 1.54) is 55.9 Å². The van der Waals surface area contributed by atoms with Crippen LogP contribution in [0.2, 0.25) is 0 Å². The number of ketones is 1. The summed E-state index contributed by atoms with van der Waals surface area (Å²) in [7, 11) is 17.5. The summed E-state index contributed by atoms with van der Waals surface area (Å²) in [6.45, 7) is 7.36. The Morgan fingerprint density at radius 3 is 0.684 bits per heavy atom. The van der Waals surface area contributed by atoms with Crippen molar-refractivity contribution >= 4 is 35.7 Å². The Morgan fingerprint density at radius 1 is 0.500 bits per heavy atom. The average molecular weight is 563 g/mol. The van der Waals surface area contributed by atoms with Gasteiger partial charge in [0.1, 0.15) is 5.78 Å². The smallest absolute Gasteiger partial charge is 0.406 e. The number of carbonyl (C=O) groups is 6. The SMILES string of the molecule is C.CC(C)=O.CNC.CNC(=O)NC.CNC(=O)OC.CNC(C)=O.CNC(C)=O.COC.COC(C)=O. The van der Waals surface area contributed by atoms with Gasteiger partial charge >= 0.3 is 18.1 Å². The Kier molecular flexibility index (Phi) is 100. The van der Waals surface area contributed by atoms with Gasteiger partial charge in [0.15, 0.2) is 0 Å². The Balaban J connectivity index is -0.0000000364. The molecular formula is C23H58N6O9. The maximum Gasteiger partial charge on any atom is 0.406 e. The van der Waals surface area contributed by atoms with Gasteiger partial charge in [-0.3, -0.25) is 14.4 Å². The van der Waals surface area contributed by atoms with Crippen molar-refractivity contribution in [1.82, 2.24) is 31.9 Å². The molecule has 0 aliphatic carbocycles. The molecule has 0 atom stereocenters. The van der Waals surface area contributed by atoms with E-state index in [0.29, 0.717) is 0 Å². The molecule has 0 bridgehead atoms. The normalized spacial score (nSPS) is 6.53. The number of hydrogen-bond acceptors (Lipinski definition) is 10. The molecule has 15 nitrogen and oxygen atoms in total. The van der Waals surface area contributed by atoms with Crippen LogP contribution in [0.5, 0.6) is 0 Å². The van der Waals surface area contributed by atoms with E-state index >= 15 is 0 Å². The first kappa shape index (κ1) is 59.6. The number of rotatable bonds is 0. The zero-order valence-corrected chi connectivity index (χ0v) is 25.7. The lowest BCUT2D eigenvalue weighted by atomic mass is 10.6. The minimum absolute atomic E-state index is 0. The highest BCUT2D eigenvalue weighted by Crippen LogP contribution is 1.62. The van der Waals surface area contributed by atoms with Crippen LogP contribution in [0.1, 0.15) is 42.0 Å². The van der Waals surface area contributed by atoms with Crippen LogP contribution >= 0.6 is 0 Å². The van der Waals surface area contributed by atoms with Gasteiger partial charge in [0, 0.05) is 70.2 Å². The molecule has 0 aromatic carbocycles. The molecular weight excluding hydrogens is 504 g/mol. The van der Waals surface area contributed by atoms with E-state index in [9.17, 15) is 28.8 Å². The summed E-state index contributed by atoms with van der Waals surface area (Å²) in [6, 6.07) is -0.157. The lowest BCUT2D eigenvalue weighted by Crippen LogP contribution is -2.28. The van der Waals surface area contributed by atoms with Crippen molar-refractivity contribution in [2.45, 2.75) is 42.0 Å². The van der Waals surface area contributed by atoms with Crippen molar-refractivity contribution in [2.75, 3.05) is 77.8 Å². The maximum absolute atomic E-state index is 9.96. The molecule has 0 spiro atoms. The number of hydrogen-bond donors (Lipinski definition) is 6. The van der Waals surface area contributed by atoms with Crippen LogP contribution < -0.4 is 31.9 Å². The largest absolute Gasteiger partial charge is 0.469 e. The molecule has 0 aromatic rings. The number of esters is 1. The molecule has 0 saturated heterocycles. The molecule has 0 aliphatic rings. The van der Waals surface area contributed by atoms with Crippen molar-refractivity contribution in [1.29, 1.82) is 0 Å². The molecule has 0 aliphatic heterocycles. The zero-order chi connectivity index (χ0) is 31.8. The maximum atomic E-state index is 9.96. The van der Waals surface area contributed by atoms with Crippen molar-refractivity contribution in [3.05, 3.63) is 0 Å². The van der Waals surface area contributed by atoms with Crippen LogP contribution in [-0.2, 0) is 33.4 Å². The second kappa shape index (κ2) is 64.1. The number of carbonyl (C=O) groups excluding carboxylic acids is 6. The van der Waals surface area contributed by atoms with Gasteiger partial charge in [0.25, 0.3) is 0 Å². The molecule has 38 heavy (non-hydrogen) atoms. The van der Waals surface area contributed by atoms with E-state index in [-0.39, 0.29) is 37.0 Å². The number of ether oxygens (including phenoxy) is 3. The van der Waals surface area contributed by atoms with Crippen LogP contribution in [0.15, 0.2) is 0 Å². The minimum Gasteiger partial charge on any atom is -0.469 e. The van der Waals surface area contributed by atoms with Crippen molar-refractivity contribution in [3.8, 4) is 0 Å². The highest BCUT2D eigenvalue weighted by molar-refractivity contribution is 5.73. The van der Waals surface area contributed by atoms with Crippen LogP contribution in [-0.4, -0.2) is 113 Å². The van der Waals surface area contributed by atoms with Crippen LogP contribution in [0, 0.1) is 0 Å². The highest BCUT2D eigenvalue weighted by atomic mass is 16.5. The summed E-state index contributed by atoms with van der Waals surface area (Å²) >= 11 is 0. The fraction of sp³-hybridized carbons (Fsp3) is 0.739. The molecule has 0 unspecified atom stereocenters. The van der Waals surface area contributed by atoms with Crippen LogP contribution in [0.4, 0.5) is 9.59 Å². The Hall–Kier alpha value is -3.46. The predicted molar refractivity (Wildman–Crippen MR) is 153 cm³/mol. The first-order valence-electron chi connectivity index (χ1n) is 10.5. The van der Waals surface area contributed by atoms with Crippen molar-refractivity contribution < 1.29 is 43.0 Å². The second-order valence-electron chi connectivity index (χ2n) is 5.70. The average Bonchev–Trinajstić information content (AvgIpc) is 2.84. The molecule has 0 aromatic heterocycles. The van der Waals surface area contributed by atoms with E-state index in [2.05, 4.69) is 46.1 Å². The summed E-state index contributed by atoms with van der Waals surface area (Å²) in [6.07, 6.45) is -0.407. The summed E-state index contributed by atoms with van der Waals surface area (Å²) in [5.41, 5.74) is 0. The highest BCUT2D eigenvalue weighted by Gasteiger charge is 1.85. The molecule has 0 saturated carbocycles. The summed E-state index contributed by atoms with van der Waals surface area (Å²) in [4.78, 5) is 58.2.